The summed E-state index contributed by atoms with van der Waals surface area (Å²) >= 11 is 0. The van der Waals surface area contributed by atoms with Crippen molar-refractivity contribution in [2.24, 2.45) is 0 Å². The summed E-state index contributed by atoms with van der Waals surface area (Å²) < 4.78 is 15.7. The molecule has 0 aromatic heterocycles. The lowest BCUT2D eigenvalue weighted by atomic mass is 10.1. The quantitative estimate of drug-likeness (QED) is 0.364. The minimum atomic E-state index is -0.423. The third kappa shape index (κ3) is 6.63. The number of carbonyl (C=O) groups excluding carboxylic acids is 2. The zero-order valence-electron chi connectivity index (χ0n) is 15.9. The lowest BCUT2D eigenvalue weighted by molar-refractivity contribution is -0.148. The fourth-order valence-electron chi connectivity index (χ4n) is 2.18. The van der Waals surface area contributed by atoms with Crippen molar-refractivity contribution >= 4 is 18.0 Å². The van der Waals surface area contributed by atoms with E-state index in [1.54, 1.807) is 38.3 Å². The number of hydrogen-bond acceptors (Lipinski definition) is 5. The monoisotopic (exact) mass is 361 g/mol. The number of benzene rings is 1. The smallest absolute Gasteiger partial charge is 0.325 e. The zero-order valence-corrected chi connectivity index (χ0v) is 15.9. The van der Waals surface area contributed by atoms with Crippen LogP contribution in [-0.4, -0.2) is 49.7 Å². The number of rotatable bonds is 10. The topological polar surface area (TPSA) is 65.1 Å². The minimum absolute atomic E-state index is 0.0771. The Bertz CT molecular complexity index is 652. The molecule has 0 saturated heterocycles. The van der Waals surface area contributed by atoms with Gasteiger partial charge in [-0.2, -0.15) is 0 Å². The van der Waals surface area contributed by atoms with Crippen LogP contribution < -0.4 is 9.47 Å². The van der Waals surface area contributed by atoms with E-state index in [2.05, 4.69) is 6.58 Å². The molecule has 142 valence electrons. The number of ether oxygens (including phenoxy) is 3. The Morgan fingerprint density at radius 3 is 2.58 bits per heavy atom. The summed E-state index contributed by atoms with van der Waals surface area (Å²) in [5.74, 6) is 0.475. The van der Waals surface area contributed by atoms with Crippen molar-refractivity contribution in [2.45, 2.75) is 26.8 Å². The first kappa shape index (κ1) is 21.3. The van der Waals surface area contributed by atoms with Crippen LogP contribution in [0.15, 0.2) is 36.9 Å². The zero-order chi connectivity index (χ0) is 19.5. The fraction of sp³-hybridized carbons (Fsp3) is 0.400. The molecular weight excluding hydrogens is 334 g/mol. The second-order valence-corrected chi connectivity index (χ2v) is 5.71. The van der Waals surface area contributed by atoms with Crippen LogP contribution in [0.25, 0.3) is 6.08 Å². The second-order valence-electron chi connectivity index (χ2n) is 5.71. The average Bonchev–Trinajstić information content (AvgIpc) is 2.62. The summed E-state index contributed by atoms with van der Waals surface area (Å²) in [7, 11) is 1.55. The maximum absolute atomic E-state index is 12.4. The molecule has 0 atom stereocenters. The summed E-state index contributed by atoms with van der Waals surface area (Å²) in [6.45, 7) is 9.62. The van der Waals surface area contributed by atoms with Crippen molar-refractivity contribution in [3.05, 3.63) is 42.5 Å². The van der Waals surface area contributed by atoms with Gasteiger partial charge in [0.2, 0.25) is 5.91 Å². The second kappa shape index (κ2) is 11.0. The molecule has 6 heteroatoms. The van der Waals surface area contributed by atoms with Gasteiger partial charge in [-0.3, -0.25) is 9.59 Å². The average molecular weight is 361 g/mol. The first-order valence-electron chi connectivity index (χ1n) is 8.48. The maximum Gasteiger partial charge on any atom is 0.325 e. The van der Waals surface area contributed by atoms with Gasteiger partial charge in [-0.25, -0.2) is 0 Å². The predicted octanol–water partition coefficient (Wildman–Crippen LogP) is 3.07. The molecule has 0 aliphatic heterocycles. The highest BCUT2D eigenvalue weighted by atomic mass is 16.5. The van der Waals surface area contributed by atoms with Crippen LogP contribution in [0.3, 0.4) is 0 Å². The third-order valence-electron chi connectivity index (χ3n) is 3.47. The number of methoxy groups -OCH3 is 1. The molecule has 0 aliphatic rings. The Morgan fingerprint density at radius 2 is 2.00 bits per heavy atom. The van der Waals surface area contributed by atoms with Crippen molar-refractivity contribution in [1.82, 2.24) is 4.90 Å². The van der Waals surface area contributed by atoms with E-state index in [4.69, 9.17) is 14.2 Å². The Hall–Kier alpha value is -2.76. The van der Waals surface area contributed by atoms with Gasteiger partial charge in [0.1, 0.15) is 13.2 Å². The van der Waals surface area contributed by atoms with E-state index in [1.807, 2.05) is 19.9 Å². The Morgan fingerprint density at radius 1 is 1.27 bits per heavy atom. The van der Waals surface area contributed by atoms with Crippen LogP contribution in [0, 0.1) is 0 Å². The Kier molecular flexibility index (Phi) is 8.98. The van der Waals surface area contributed by atoms with E-state index >= 15 is 0 Å². The lowest BCUT2D eigenvalue weighted by Crippen LogP contribution is -2.40. The number of carbonyl (C=O) groups is 2. The molecular formula is C20H27NO5. The first-order chi connectivity index (χ1) is 12.4. The van der Waals surface area contributed by atoms with E-state index < -0.39 is 5.97 Å². The SMILES string of the molecule is C=CCOc1ccc(/C=C\C(=O)N(CC(=O)OCC)C(C)C)cc1OC. The molecule has 1 aromatic rings. The summed E-state index contributed by atoms with van der Waals surface area (Å²) in [5.41, 5.74) is 0.779. The van der Waals surface area contributed by atoms with E-state index in [0.717, 1.165) is 5.56 Å². The predicted molar refractivity (Wildman–Crippen MR) is 101 cm³/mol. The molecule has 0 fully saturated rings. The number of hydrogen-bond donors (Lipinski definition) is 0. The molecule has 0 unspecified atom stereocenters. The summed E-state index contributed by atoms with van der Waals surface area (Å²) in [5, 5.41) is 0. The van der Waals surface area contributed by atoms with Crippen LogP contribution in [0.1, 0.15) is 26.3 Å². The van der Waals surface area contributed by atoms with Crippen molar-refractivity contribution in [3.8, 4) is 11.5 Å². The molecule has 1 aromatic carbocycles. The van der Waals surface area contributed by atoms with Crippen molar-refractivity contribution < 1.29 is 23.8 Å². The highest BCUT2D eigenvalue weighted by Gasteiger charge is 2.18. The number of esters is 1. The molecule has 0 saturated carbocycles. The maximum atomic E-state index is 12.4. The lowest BCUT2D eigenvalue weighted by Gasteiger charge is -2.24. The normalized spacial score (nSPS) is 10.7. The molecule has 0 radical (unpaired) electrons. The summed E-state index contributed by atoms with van der Waals surface area (Å²) in [6, 6.07) is 5.23. The van der Waals surface area contributed by atoms with E-state index in [9.17, 15) is 9.59 Å². The molecule has 6 nitrogen and oxygen atoms in total. The van der Waals surface area contributed by atoms with Crippen molar-refractivity contribution in [1.29, 1.82) is 0 Å². The van der Waals surface area contributed by atoms with Gasteiger partial charge in [0.05, 0.1) is 13.7 Å². The van der Waals surface area contributed by atoms with Gasteiger partial charge in [0, 0.05) is 12.1 Å². The number of nitrogens with zero attached hydrogens (tertiary/aromatic N) is 1. The molecule has 0 bridgehead atoms. The molecule has 1 rings (SSSR count). The van der Waals surface area contributed by atoms with Gasteiger partial charge in [0.25, 0.3) is 0 Å². The van der Waals surface area contributed by atoms with Crippen LogP contribution in [0.5, 0.6) is 11.5 Å². The van der Waals surface area contributed by atoms with Crippen LogP contribution in [-0.2, 0) is 14.3 Å². The minimum Gasteiger partial charge on any atom is -0.493 e. The van der Waals surface area contributed by atoms with E-state index in [0.29, 0.717) is 18.1 Å². The van der Waals surface area contributed by atoms with Gasteiger partial charge in [-0.05, 0) is 44.5 Å². The first-order valence-corrected chi connectivity index (χ1v) is 8.48. The van der Waals surface area contributed by atoms with Gasteiger partial charge in [0.15, 0.2) is 11.5 Å². The molecule has 0 N–H and O–H groups in total. The highest BCUT2D eigenvalue weighted by Crippen LogP contribution is 2.28. The fourth-order valence-corrected chi connectivity index (χ4v) is 2.18. The van der Waals surface area contributed by atoms with Gasteiger partial charge in [-0.1, -0.05) is 18.7 Å². The molecule has 26 heavy (non-hydrogen) atoms. The van der Waals surface area contributed by atoms with Crippen LogP contribution in [0.4, 0.5) is 0 Å². The molecule has 0 aliphatic carbocycles. The van der Waals surface area contributed by atoms with Gasteiger partial charge in [-0.15, -0.1) is 0 Å². The molecule has 1 amide bonds. The third-order valence-corrected chi connectivity index (χ3v) is 3.47. The van der Waals surface area contributed by atoms with Gasteiger partial charge >= 0.3 is 5.97 Å². The Balaban J connectivity index is 2.87. The standard InChI is InChI=1S/C20H27NO5/c1-6-12-26-17-10-8-16(13-18(17)24-5)9-11-19(22)21(15(3)4)14-20(23)25-7-2/h6,8-11,13,15H,1,7,12,14H2,2-5H3/b11-9-. The highest BCUT2D eigenvalue weighted by molar-refractivity contribution is 5.94. The van der Waals surface area contributed by atoms with E-state index in [-0.39, 0.29) is 25.1 Å². The molecule has 0 heterocycles. The van der Waals surface area contributed by atoms with Crippen LogP contribution >= 0.6 is 0 Å². The van der Waals surface area contributed by atoms with E-state index in [1.165, 1.54) is 11.0 Å². The largest absolute Gasteiger partial charge is 0.493 e. The summed E-state index contributed by atoms with van der Waals surface area (Å²) in [6.07, 6.45) is 4.75. The van der Waals surface area contributed by atoms with Crippen molar-refractivity contribution in [3.63, 3.8) is 0 Å². The number of amides is 1. The van der Waals surface area contributed by atoms with Crippen molar-refractivity contribution in [2.75, 3.05) is 26.9 Å². The summed E-state index contributed by atoms with van der Waals surface area (Å²) in [4.78, 5) is 25.5. The van der Waals surface area contributed by atoms with Crippen LogP contribution in [0.2, 0.25) is 0 Å². The Labute approximate surface area is 155 Å². The van der Waals surface area contributed by atoms with Gasteiger partial charge < -0.3 is 19.1 Å². The molecule has 0 spiro atoms.